The number of benzene rings is 1. The van der Waals surface area contributed by atoms with Gasteiger partial charge in [-0.25, -0.2) is 19.1 Å². The van der Waals surface area contributed by atoms with Crippen LogP contribution in [0.2, 0.25) is 0 Å². The van der Waals surface area contributed by atoms with Crippen molar-refractivity contribution in [2.75, 3.05) is 34.9 Å². The van der Waals surface area contributed by atoms with Crippen molar-refractivity contribution in [1.82, 2.24) is 19.0 Å². The second-order valence-corrected chi connectivity index (χ2v) is 8.11. The lowest BCUT2D eigenvalue weighted by Crippen LogP contribution is -2.42. The van der Waals surface area contributed by atoms with Gasteiger partial charge in [-0.3, -0.25) is 9.36 Å². The molecule has 0 atom stereocenters. The van der Waals surface area contributed by atoms with Crippen LogP contribution >= 0.6 is 0 Å². The second kappa shape index (κ2) is 8.58. The average molecular weight is 438 g/mol. The first-order chi connectivity index (χ1) is 15.4. The first kappa shape index (κ1) is 21.8. The number of nitrogens with zero attached hydrogens (tertiary/aromatic N) is 4. The van der Waals surface area contributed by atoms with Gasteiger partial charge in [0.15, 0.2) is 5.65 Å². The number of para-hydroxylation sites is 2. The summed E-state index contributed by atoms with van der Waals surface area (Å²) in [5.41, 5.74) is 0.270. The zero-order valence-electron chi connectivity index (χ0n) is 18.6. The number of ether oxygens (including phenoxy) is 2. The zero-order chi connectivity index (χ0) is 23.0. The van der Waals surface area contributed by atoms with Gasteiger partial charge in [-0.2, -0.15) is 0 Å². The minimum absolute atomic E-state index is 0.0607. The Labute approximate surface area is 184 Å². The third-order valence-electron chi connectivity index (χ3n) is 5.61. The Morgan fingerprint density at radius 3 is 2.53 bits per heavy atom. The van der Waals surface area contributed by atoms with Crippen molar-refractivity contribution in [2.24, 2.45) is 0 Å². The lowest BCUT2D eigenvalue weighted by Gasteiger charge is -2.18. The summed E-state index contributed by atoms with van der Waals surface area (Å²) in [7, 11) is 6.49. The molecule has 0 radical (unpaired) electrons. The van der Waals surface area contributed by atoms with Crippen LogP contribution in [0, 0.1) is 0 Å². The average Bonchev–Trinajstić information content (AvgIpc) is 3.63. The third-order valence-corrected chi connectivity index (χ3v) is 5.61. The molecule has 2 aromatic heterocycles. The van der Waals surface area contributed by atoms with Gasteiger partial charge in [-0.05, 0) is 45.1 Å². The van der Waals surface area contributed by atoms with E-state index in [0.29, 0.717) is 23.7 Å². The van der Waals surface area contributed by atoms with E-state index < -0.39 is 17.2 Å². The number of hydrogen-bond donors (Lipinski definition) is 0. The molecule has 0 saturated heterocycles. The van der Waals surface area contributed by atoms with Gasteiger partial charge in [-0.15, -0.1) is 0 Å². The van der Waals surface area contributed by atoms with Crippen LogP contribution in [0.1, 0.15) is 34.8 Å². The van der Waals surface area contributed by atoms with E-state index in [4.69, 9.17) is 14.5 Å². The largest absolute Gasteiger partial charge is 0.495 e. The fourth-order valence-electron chi connectivity index (χ4n) is 3.74. The van der Waals surface area contributed by atoms with Gasteiger partial charge in [0.05, 0.1) is 30.9 Å². The Balaban J connectivity index is 2.16. The molecule has 0 bridgehead atoms. The summed E-state index contributed by atoms with van der Waals surface area (Å²) in [6.07, 6.45) is 1.88. The van der Waals surface area contributed by atoms with Gasteiger partial charge in [-0.1, -0.05) is 12.1 Å². The van der Waals surface area contributed by atoms with E-state index in [9.17, 15) is 14.4 Å². The number of pyridine rings is 1. The maximum Gasteiger partial charge on any atom is 0.338 e. The van der Waals surface area contributed by atoms with Crippen molar-refractivity contribution in [1.29, 1.82) is 0 Å². The van der Waals surface area contributed by atoms with Gasteiger partial charge in [0.2, 0.25) is 0 Å². The molecular weight excluding hydrogens is 412 g/mol. The van der Waals surface area contributed by atoms with Crippen LogP contribution in [0.4, 0.5) is 0 Å². The molecule has 0 amide bonds. The number of esters is 1. The monoisotopic (exact) mass is 438 g/mol. The zero-order valence-corrected chi connectivity index (χ0v) is 18.6. The molecule has 9 nitrogen and oxygen atoms in total. The summed E-state index contributed by atoms with van der Waals surface area (Å²) in [4.78, 5) is 46.4. The number of hydrogen-bond acceptors (Lipinski definition) is 7. The van der Waals surface area contributed by atoms with Crippen molar-refractivity contribution in [3.63, 3.8) is 0 Å². The van der Waals surface area contributed by atoms with Gasteiger partial charge in [0.25, 0.3) is 5.56 Å². The van der Waals surface area contributed by atoms with Crippen LogP contribution in [0.15, 0.2) is 39.9 Å². The minimum atomic E-state index is -0.638. The molecule has 32 heavy (non-hydrogen) atoms. The lowest BCUT2D eigenvalue weighted by molar-refractivity contribution is 0.0602. The van der Waals surface area contributed by atoms with Crippen molar-refractivity contribution >= 4 is 17.0 Å². The van der Waals surface area contributed by atoms with Crippen LogP contribution in [-0.4, -0.2) is 59.8 Å². The molecule has 168 valence electrons. The molecule has 0 N–H and O–H groups in total. The summed E-state index contributed by atoms with van der Waals surface area (Å²) in [5, 5.41) is 0.0607. The predicted octanol–water partition coefficient (Wildman–Crippen LogP) is 1.78. The number of fused-ring (bicyclic) bond motifs is 1. The van der Waals surface area contributed by atoms with Gasteiger partial charge in [0, 0.05) is 24.7 Å². The van der Waals surface area contributed by atoms with E-state index in [-0.39, 0.29) is 29.1 Å². The van der Waals surface area contributed by atoms with E-state index in [2.05, 4.69) is 0 Å². The Kier molecular flexibility index (Phi) is 5.84. The molecule has 3 aromatic rings. The van der Waals surface area contributed by atoms with Crippen LogP contribution in [-0.2, 0) is 11.3 Å². The summed E-state index contributed by atoms with van der Waals surface area (Å²) >= 11 is 0. The molecule has 1 fully saturated rings. The molecular formula is C23H26N4O5. The summed E-state index contributed by atoms with van der Waals surface area (Å²) in [5.74, 6) is 0.00735. The molecule has 1 aliphatic carbocycles. The molecule has 1 aromatic carbocycles. The summed E-state index contributed by atoms with van der Waals surface area (Å²) in [6.45, 7) is 0.620. The topological polar surface area (TPSA) is 95.7 Å². The number of likely N-dealkylation sites (N-methyl/N-ethyl adjacent to an activating group) is 1. The normalized spacial score (nSPS) is 13.5. The Morgan fingerprint density at radius 2 is 1.91 bits per heavy atom. The fraction of sp³-hybridized carbons (Fsp3) is 0.391. The highest BCUT2D eigenvalue weighted by Crippen LogP contribution is 2.40. The van der Waals surface area contributed by atoms with Gasteiger partial charge < -0.3 is 14.4 Å². The Hall–Kier alpha value is -3.46. The number of carbonyl (C=O) groups is 1. The quantitative estimate of drug-likeness (QED) is 0.519. The molecule has 4 rings (SSSR count). The van der Waals surface area contributed by atoms with Crippen molar-refractivity contribution < 1.29 is 14.3 Å². The highest BCUT2D eigenvalue weighted by molar-refractivity contribution is 6.02. The molecule has 0 aliphatic heterocycles. The number of methoxy groups -OCH3 is 2. The highest BCUT2D eigenvalue weighted by Gasteiger charge is 2.30. The molecule has 2 heterocycles. The number of rotatable bonds is 7. The Bertz CT molecular complexity index is 1300. The van der Waals surface area contributed by atoms with Gasteiger partial charge >= 0.3 is 11.7 Å². The van der Waals surface area contributed by atoms with E-state index in [1.165, 1.54) is 18.8 Å². The fourth-order valence-corrected chi connectivity index (χ4v) is 3.74. The molecule has 1 aliphatic rings. The van der Waals surface area contributed by atoms with E-state index in [1.54, 1.807) is 30.3 Å². The number of carbonyl (C=O) groups excluding carboxylic acids is 1. The second-order valence-electron chi connectivity index (χ2n) is 8.11. The van der Waals surface area contributed by atoms with Gasteiger partial charge in [0.1, 0.15) is 5.75 Å². The van der Waals surface area contributed by atoms with Crippen LogP contribution in [0.5, 0.6) is 5.75 Å². The first-order valence-corrected chi connectivity index (χ1v) is 10.4. The van der Waals surface area contributed by atoms with Crippen LogP contribution < -0.4 is 16.0 Å². The SMILES string of the molecule is COC(=O)c1cc(C2CC2)nc2c1c(=O)n(CCN(C)C)c(=O)n2-c1ccccc1OC. The molecule has 0 unspecified atom stereocenters. The Morgan fingerprint density at radius 1 is 1.19 bits per heavy atom. The molecule has 9 heteroatoms. The van der Waals surface area contributed by atoms with Crippen molar-refractivity contribution in [2.45, 2.75) is 25.3 Å². The standard InChI is InChI=1S/C23H26N4O5/c1-25(2)11-12-26-21(28)19-15(22(29)32-4)13-16(14-9-10-14)24-20(19)27(23(26)30)17-7-5-6-8-18(17)31-3/h5-8,13-14H,9-12H2,1-4H3. The van der Waals surface area contributed by atoms with Crippen molar-refractivity contribution in [3.05, 3.63) is 62.4 Å². The third kappa shape index (κ3) is 3.80. The van der Waals surface area contributed by atoms with Crippen molar-refractivity contribution in [3.8, 4) is 11.4 Å². The smallest absolute Gasteiger partial charge is 0.338 e. The molecule has 1 saturated carbocycles. The van der Waals surface area contributed by atoms with Crippen LogP contribution in [0.25, 0.3) is 16.7 Å². The van der Waals surface area contributed by atoms with E-state index >= 15 is 0 Å². The summed E-state index contributed by atoms with van der Waals surface area (Å²) < 4.78 is 13.0. The minimum Gasteiger partial charge on any atom is -0.495 e. The number of aromatic nitrogens is 3. The first-order valence-electron chi connectivity index (χ1n) is 10.4. The predicted molar refractivity (Wildman–Crippen MR) is 120 cm³/mol. The maximum absolute atomic E-state index is 13.6. The summed E-state index contributed by atoms with van der Waals surface area (Å²) in [6, 6.07) is 8.65. The maximum atomic E-state index is 13.6. The van der Waals surface area contributed by atoms with Crippen LogP contribution in [0.3, 0.4) is 0 Å². The lowest BCUT2D eigenvalue weighted by atomic mass is 10.1. The highest BCUT2D eigenvalue weighted by atomic mass is 16.5. The van der Waals surface area contributed by atoms with E-state index in [0.717, 1.165) is 17.4 Å². The molecule has 0 spiro atoms. The van der Waals surface area contributed by atoms with E-state index in [1.807, 2.05) is 19.0 Å².